The van der Waals surface area contributed by atoms with Crippen LogP contribution < -0.4 is 4.74 Å². The van der Waals surface area contributed by atoms with Crippen molar-refractivity contribution in [1.82, 2.24) is 4.31 Å². The summed E-state index contributed by atoms with van der Waals surface area (Å²) >= 11 is 0. The molecule has 2 rings (SSSR count). The van der Waals surface area contributed by atoms with Crippen LogP contribution in [0.5, 0.6) is 5.75 Å². The third kappa shape index (κ3) is 2.69. The van der Waals surface area contributed by atoms with Gasteiger partial charge in [0.05, 0.1) is 11.5 Å². The maximum absolute atomic E-state index is 12.8. The molecule has 0 saturated carbocycles. The Morgan fingerprint density at radius 3 is 2.55 bits per heavy atom. The molecule has 0 spiro atoms. The highest BCUT2D eigenvalue weighted by atomic mass is 32.2. The largest absolute Gasteiger partial charge is 0.494 e. The molecule has 1 aliphatic heterocycles. The van der Waals surface area contributed by atoms with Gasteiger partial charge in [0, 0.05) is 12.6 Å². The predicted octanol–water partition coefficient (Wildman–Crippen LogP) is 2.88. The lowest BCUT2D eigenvalue weighted by Crippen LogP contribution is -2.34. The number of hydrogen-bond acceptors (Lipinski definition) is 3. The minimum Gasteiger partial charge on any atom is -0.494 e. The zero-order valence-corrected chi connectivity index (χ0v) is 13.5. The molecule has 1 aromatic carbocycles. The van der Waals surface area contributed by atoms with Gasteiger partial charge in [0.25, 0.3) is 0 Å². The van der Waals surface area contributed by atoms with Crippen LogP contribution in [-0.2, 0) is 10.0 Å². The van der Waals surface area contributed by atoms with Crippen molar-refractivity contribution in [3.8, 4) is 5.75 Å². The molecule has 0 bridgehead atoms. The summed E-state index contributed by atoms with van der Waals surface area (Å²) in [5.41, 5.74) is 1.61. The summed E-state index contributed by atoms with van der Waals surface area (Å²) in [6, 6.07) is 3.65. The van der Waals surface area contributed by atoms with Gasteiger partial charge in [-0.15, -0.1) is 0 Å². The van der Waals surface area contributed by atoms with Crippen LogP contribution in [0.15, 0.2) is 17.0 Å². The second-order valence-electron chi connectivity index (χ2n) is 5.42. The average molecular weight is 297 g/mol. The number of aryl methyl sites for hydroxylation is 2. The van der Waals surface area contributed by atoms with Gasteiger partial charge in [0.1, 0.15) is 5.75 Å². The zero-order valence-electron chi connectivity index (χ0n) is 12.6. The molecule has 0 amide bonds. The van der Waals surface area contributed by atoms with E-state index in [1.54, 1.807) is 10.4 Å². The topological polar surface area (TPSA) is 46.6 Å². The van der Waals surface area contributed by atoms with Gasteiger partial charge in [-0.25, -0.2) is 8.42 Å². The molecule has 1 unspecified atom stereocenters. The van der Waals surface area contributed by atoms with Crippen LogP contribution in [0.25, 0.3) is 0 Å². The first-order valence-electron chi connectivity index (χ1n) is 7.13. The van der Waals surface area contributed by atoms with Gasteiger partial charge in [-0.1, -0.05) is 0 Å². The van der Waals surface area contributed by atoms with E-state index in [-0.39, 0.29) is 6.04 Å². The molecular weight excluding hydrogens is 274 g/mol. The Kier molecular flexibility index (Phi) is 4.39. The second-order valence-corrected chi connectivity index (χ2v) is 7.28. The molecule has 1 atom stereocenters. The molecule has 1 heterocycles. The Morgan fingerprint density at radius 2 is 2.00 bits per heavy atom. The van der Waals surface area contributed by atoms with Crippen molar-refractivity contribution in [2.45, 2.75) is 51.5 Å². The molecule has 5 heteroatoms. The van der Waals surface area contributed by atoms with Crippen LogP contribution in [0.2, 0.25) is 0 Å². The van der Waals surface area contributed by atoms with Crippen molar-refractivity contribution < 1.29 is 13.2 Å². The fourth-order valence-electron chi connectivity index (χ4n) is 2.74. The summed E-state index contributed by atoms with van der Waals surface area (Å²) in [4.78, 5) is 0.409. The minimum absolute atomic E-state index is 0.0891. The highest BCUT2D eigenvalue weighted by Crippen LogP contribution is 2.31. The maximum atomic E-state index is 12.8. The van der Waals surface area contributed by atoms with Crippen molar-refractivity contribution in [3.63, 3.8) is 0 Å². The number of ether oxygens (including phenoxy) is 1. The Morgan fingerprint density at radius 1 is 1.30 bits per heavy atom. The Labute approximate surface area is 121 Å². The second kappa shape index (κ2) is 5.74. The SMILES string of the molecule is CCOc1cc(C)c(S(=O)(=O)N2CCCC2C)cc1C. The Hall–Kier alpha value is -1.07. The van der Waals surface area contributed by atoms with E-state index >= 15 is 0 Å². The standard InChI is InChI=1S/C15H23NO3S/c1-5-19-14-9-12(3)15(10-11(14)2)20(17,18)16-8-6-7-13(16)4/h9-10,13H,5-8H2,1-4H3. The number of hydrogen-bond donors (Lipinski definition) is 0. The molecule has 1 saturated heterocycles. The van der Waals surface area contributed by atoms with Gasteiger partial charge in [-0.2, -0.15) is 4.31 Å². The summed E-state index contributed by atoms with van der Waals surface area (Å²) in [5, 5.41) is 0. The van der Waals surface area contributed by atoms with Crippen LogP contribution in [-0.4, -0.2) is 31.9 Å². The molecular formula is C15H23NO3S. The Bertz CT molecular complexity index is 595. The van der Waals surface area contributed by atoms with E-state index in [2.05, 4.69) is 0 Å². The van der Waals surface area contributed by atoms with E-state index in [0.717, 1.165) is 29.7 Å². The summed E-state index contributed by atoms with van der Waals surface area (Å²) in [6.45, 7) is 8.81. The third-order valence-corrected chi connectivity index (χ3v) is 6.01. The van der Waals surface area contributed by atoms with Gasteiger partial charge in [0.2, 0.25) is 10.0 Å². The lowest BCUT2D eigenvalue weighted by molar-refractivity contribution is 0.337. The van der Waals surface area contributed by atoms with E-state index < -0.39 is 10.0 Å². The normalized spacial score (nSPS) is 20.3. The van der Waals surface area contributed by atoms with E-state index in [4.69, 9.17) is 4.74 Å². The summed E-state index contributed by atoms with van der Waals surface area (Å²) in [5.74, 6) is 0.762. The van der Waals surface area contributed by atoms with Crippen LogP contribution in [0.3, 0.4) is 0 Å². The average Bonchev–Trinajstić information content (AvgIpc) is 2.80. The van der Waals surface area contributed by atoms with Gasteiger partial charge in [-0.3, -0.25) is 0 Å². The first-order chi connectivity index (χ1) is 9.37. The number of rotatable bonds is 4. The maximum Gasteiger partial charge on any atom is 0.243 e. The van der Waals surface area contributed by atoms with Gasteiger partial charge in [-0.05, 0) is 63.8 Å². The Balaban J connectivity index is 2.44. The van der Waals surface area contributed by atoms with Gasteiger partial charge in [0.15, 0.2) is 0 Å². The van der Waals surface area contributed by atoms with Crippen LogP contribution in [0.1, 0.15) is 37.8 Å². The molecule has 112 valence electrons. The highest BCUT2D eigenvalue weighted by Gasteiger charge is 2.33. The summed E-state index contributed by atoms with van der Waals surface area (Å²) < 4.78 is 32.7. The fourth-order valence-corrected chi connectivity index (χ4v) is 4.74. The molecule has 1 aliphatic rings. The number of sulfonamides is 1. The summed E-state index contributed by atoms with van der Waals surface area (Å²) in [7, 11) is -3.39. The fraction of sp³-hybridized carbons (Fsp3) is 0.600. The molecule has 0 aliphatic carbocycles. The van der Waals surface area contributed by atoms with Crippen molar-refractivity contribution in [2.75, 3.05) is 13.2 Å². The quantitative estimate of drug-likeness (QED) is 0.858. The first-order valence-corrected chi connectivity index (χ1v) is 8.57. The van der Waals surface area contributed by atoms with Gasteiger partial charge >= 0.3 is 0 Å². The van der Waals surface area contributed by atoms with E-state index in [1.807, 2.05) is 33.8 Å². The first kappa shape index (κ1) is 15.3. The highest BCUT2D eigenvalue weighted by molar-refractivity contribution is 7.89. The minimum atomic E-state index is -3.39. The van der Waals surface area contributed by atoms with Crippen LogP contribution >= 0.6 is 0 Å². The third-order valence-electron chi connectivity index (χ3n) is 3.85. The molecule has 20 heavy (non-hydrogen) atoms. The lowest BCUT2D eigenvalue weighted by atomic mass is 10.1. The molecule has 1 aromatic rings. The molecule has 0 radical (unpaired) electrons. The van der Waals surface area contributed by atoms with E-state index in [0.29, 0.717) is 18.0 Å². The number of benzene rings is 1. The van der Waals surface area contributed by atoms with Crippen molar-refractivity contribution in [2.24, 2.45) is 0 Å². The zero-order chi connectivity index (χ0) is 14.9. The molecule has 0 aromatic heterocycles. The monoisotopic (exact) mass is 297 g/mol. The van der Waals surface area contributed by atoms with Gasteiger partial charge < -0.3 is 4.74 Å². The van der Waals surface area contributed by atoms with E-state index in [9.17, 15) is 8.42 Å². The molecule has 1 fully saturated rings. The van der Waals surface area contributed by atoms with Crippen molar-refractivity contribution >= 4 is 10.0 Å². The van der Waals surface area contributed by atoms with Crippen LogP contribution in [0, 0.1) is 13.8 Å². The lowest BCUT2D eigenvalue weighted by Gasteiger charge is -2.22. The van der Waals surface area contributed by atoms with E-state index in [1.165, 1.54) is 0 Å². The predicted molar refractivity (Wildman–Crippen MR) is 79.7 cm³/mol. The van der Waals surface area contributed by atoms with Crippen LogP contribution in [0.4, 0.5) is 0 Å². The molecule has 0 N–H and O–H groups in total. The smallest absolute Gasteiger partial charge is 0.243 e. The number of nitrogens with zero attached hydrogens (tertiary/aromatic N) is 1. The van der Waals surface area contributed by atoms with Crippen molar-refractivity contribution in [1.29, 1.82) is 0 Å². The van der Waals surface area contributed by atoms with Crippen molar-refractivity contribution in [3.05, 3.63) is 23.3 Å². The molecule has 4 nitrogen and oxygen atoms in total. The summed E-state index contributed by atoms with van der Waals surface area (Å²) in [6.07, 6.45) is 1.88.